The van der Waals surface area contributed by atoms with E-state index in [1.807, 2.05) is 0 Å². The highest BCUT2D eigenvalue weighted by atomic mass is 16.5. The molecule has 0 amide bonds. The summed E-state index contributed by atoms with van der Waals surface area (Å²) in [5.41, 5.74) is 0. The van der Waals surface area contributed by atoms with Gasteiger partial charge in [0.2, 0.25) is 0 Å². The fraction of sp³-hybridized carbons (Fsp3) is 1.00. The van der Waals surface area contributed by atoms with Crippen molar-refractivity contribution in [2.45, 2.75) is 39.0 Å². The molecule has 82 valence electrons. The smallest absolute Gasteiger partial charge is 0.0678 e. The summed E-state index contributed by atoms with van der Waals surface area (Å²) in [4.78, 5) is 2.60. The van der Waals surface area contributed by atoms with E-state index in [9.17, 15) is 0 Å². The van der Waals surface area contributed by atoms with Crippen molar-refractivity contribution in [3.63, 3.8) is 0 Å². The quantitative estimate of drug-likeness (QED) is 0.671. The molecule has 0 saturated carbocycles. The average molecular weight is 198 g/mol. The predicted octanol–water partition coefficient (Wildman–Crippen LogP) is 0.703. The molecule has 2 saturated heterocycles. The summed E-state index contributed by atoms with van der Waals surface area (Å²) >= 11 is 0. The molecular formula is C11H22N2O. The van der Waals surface area contributed by atoms with Gasteiger partial charge in [0.15, 0.2) is 0 Å². The normalized spacial score (nSPS) is 45.6. The molecule has 0 aliphatic carbocycles. The number of rotatable bonds is 1. The van der Waals surface area contributed by atoms with E-state index in [1.165, 1.54) is 6.54 Å². The molecule has 1 N–H and O–H groups in total. The van der Waals surface area contributed by atoms with Gasteiger partial charge in [0, 0.05) is 25.7 Å². The van der Waals surface area contributed by atoms with Gasteiger partial charge in [-0.3, -0.25) is 4.90 Å². The van der Waals surface area contributed by atoms with Gasteiger partial charge in [0.1, 0.15) is 0 Å². The third kappa shape index (κ3) is 2.10. The number of hydrogen-bond acceptors (Lipinski definition) is 3. The first kappa shape index (κ1) is 10.4. The van der Waals surface area contributed by atoms with E-state index >= 15 is 0 Å². The first-order valence-electron chi connectivity index (χ1n) is 5.77. The van der Waals surface area contributed by atoms with Crippen LogP contribution in [0.25, 0.3) is 0 Å². The minimum absolute atomic E-state index is 0.395. The van der Waals surface area contributed by atoms with Crippen LogP contribution in [0.3, 0.4) is 0 Å². The number of hydrogen-bond donors (Lipinski definition) is 1. The van der Waals surface area contributed by atoms with Crippen LogP contribution in [0, 0.1) is 5.92 Å². The Morgan fingerprint density at radius 3 is 2.21 bits per heavy atom. The summed E-state index contributed by atoms with van der Waals surface area (Å²) in [6, 6.07) is 0.726. The van der Waals surface area contributed by atoms with Gasteiger partial charge in [-0.15, -0.1) is 0 Å². The van der Waals surface area contributed by atoms with Crippen LogP contribution in [-0.2, 0) is 4.74 Å². The largest absolute Gasteiger partial charge is 0.373 e. The Balaban J connectivity index is 1.95. The van der Waals surface area contributed by atoms with Gasteiger partial charge in [-0.2, -0.15) is 0 Å². The van der Waals surface area contributed by atoms with Crippen molar-refractivity contribution >= 4 is 0 Å². The van der Waals surface area contributed by atoms with Gasteiger partial charge in [0.05, 0.1) is 12.2 Å². The van der Waals surface area contributed by atoms with Crippen molar-refractivity contribution in [2.75, 3.05) is 26.2 Å². The maximum Gasteiger partial charge on any atom is 0.0678 e. The van der Waals surface area contributed by atoms with Crippen LogP contribution in [0.5, 0.6) is 0 Å². The number of nitrogens with zero attached hydrogens (tertiary/aromatic N) is 1. The first-order valence-corrected chi connectivity index (χ1v) is 5.77. The first-order chi connectivity index (χ1) is 6.66. The fourth-order valence-corrected chi connectivity index (χ4v) is 2.77. The van der Waals surface area contributed by atoms with Gasteiger partial charge in [-0.25, -0.2) is 0 Å². The topological polar surface area (TPSA) is 24.5 Å². The van der Waals surface area contributed by atoms with E-state index in [4.69, 9.17) is 4.74 Å². The Morgan fingerprint density at radius 2 is 1.71 bits per heavy atom. The van der Waals surface area contributed by atoms with Crippen LogP contribution in [-0.4, -0.2) is 49.3 Å². The standard InChI is InChI=1S/C11H22N2O/c1-8-4-12-5-11(8)13-6-9(2)14-10(3)7-13/h8-12H,4-7H2,1-3H3. The zero-order valence-corrected chi connectivity index (χ0v) is 9.49. The lowest BCUT2D eigenvalue weighted by atomic mass is 10.0. The summed E-state index contributed by atoms with van der Waals surface area (Å²) in [6.45, 7) is 11.2. The van der Waals surface area contributed by atoms with Crippen LogP contribution in [0.4, 0.5) is 0 Å². The Bertz CT molecular complexity index is 188. The zero-order valence-electron chi connectivity index (χ0n) is 9.49. The highest BCUT2D eigenvalue weighted by Gasteiger charge is 2.33. The molecule has 0 radical (unpaired) electrons. The summed E-state index contributed by atoms with van der Waals surface area (Å²) in [5, 5.41) is 3.47. The van der Waals surface area contributed by atoms with Crippen molar-refractivity contribution in [1.29, 1.82) is 0 Å². The second-order valence-electron chi connectivity index (χ2n) is 4.91. The second-order valence-corrected chi connectivity index (χ2v) is 4.91. The molecule has 2 aliphatic heterocycles. The van der Waals surface area contributed by atoms with E-state index in [2.05, 4.69) is 31.0 Å². The van der Waals surface area contributed by atoms with Crippen molar-refractivity contribution in [1.82, 2.24) is 10.2 Å². The fourth-order valence-electron chi connectivity index (χ4n) is 2.77. The lowest BCUT2D eigenvalue weighted by Gasteiger charge is -2.40. The molecule has 3 nitrogen and oxygen atoms in total. The molecule has 0 aromatic carbocycles. The molecule has 2 aliphatic rings. The lowest BCUT2D eigenvalue weighted by molar-refractivity contribution is -0.0818. The van der Waals surface area contributed by atoms with Gasteiger partial charge in [0.25, 0.3) is 0 Å². The van der Waals surface area contributed by atoms with Gasteiger partial charge < -0.3 is 10.1 Å². The molecule has 2 rings (SSSR count). The molecule has 0 spiro atoms. The Labute approximate surface area is 86.8 Å². The number of nitrogens with one attached hydrogen (secondary N) is 1. The molecule has 14 heavy (non-hydrogen) atoms. The minimum atomic E-state index is 0.395. The van der Waals surface area contributed by atoms with Crippen LogP contribution >= 0.6 is 0 Å². The lowest BCUT2D eigenvalue weighted by Crippen LogP contribution is -2.52. The molecule has 0 aromatic heterocycles. The van der Waals surface area contributed by atoms with Crippen molar-refractivity contribution < 1.29 is 4.74 Å². The zero-order chi connectivity index (χ0) is 10.1. The Kier molecular flexibility index (Phi) is 3.10. The van der Waals surface area contributed by atoms with Gasteiger partial charge in [-0.05, 0) is 26.3 Å². The van der Waals surface area contributed by atoms with Crippen LogP contribution in [0.2, 0.25) is 0 Å². The van der Waals surface area contributed by atoms with E-state index in [1.54, 1.807) is 0 Å². The SMILES string of the molecule is CC1CN(C2CNCC2C)CC(C)O1. The maximum atomic E-state index is 5.75. The number of morpholine rings is 1. The summed E-state index contributed by atoms with van der Waals surface area (Å²) < 4.78 is 5.75. The Hall–Kier alpha value is -0.120. The monoisotopic (exact) mass is 198 g/mol. The molecule has 0 bridgehead atoms. The molecule has 2 heterocycles. The van der Waals surface area contributed by atoms with E-state index < -0.39 is 0 Å². The van der Waals surface area contributed by atoms with Crippen molar-refractivity contribution in [3.05, 3.63) is 0 Å². The van der Waals surface area contributed by atoms with Crippen LogP contribution in [0.15, 0.2) is 0 Å². The van der Waals surface area contributed by atoms with Crippen molar-refractivity contribution in [3.8, 4) is 0 Å². The number of ether oxygens (including phenoxy) is 1. The van der Waals surface area contributed by atoms with E-state index in [0.717, 1.165) is 31.6 Å². The Morgan fingerprint density at radius 1 is 1.07 bits per heavy atom. The predicted molar refractivity (Wildman–Crippen MR) is 57.4 cm³/mol. The summed E-state index contributed by atoms with van der Waals surface area (Å²) in [7, 11) is 0. The van der Waals surface area contributed by atoms with Crippen LogP contribution in [0.1, 0.15) is 20.8 Å². The van der Waals surface area contributed by atoms with E-state index in [0.29, 0.717) is 12.2 Å². The maximum absolute atomic E-state index is 5.75. The molecule has 2 fully saturated rings. The van der Waals surface area contributed by atoms with Gasteiger partial charge >= 0.3 is 0 Å². The summed E-state index contributed by atoms with van der Waals surface area (Å²) in [6.07, 6.45) is 0.790. The third-order valence-electron chi connectivity index (χ3n) is 3.39. The van der Waals surface area contributed by atoms with Crippen LogP contribution < -0.4 is 5.32 Å². The second kappa shape index (κ2) is 4.17. The van der Waals surface area contributed by atoms with Crippen molar-refractivity contribution in [2.24, 2.45) is 5.92 Å². The molecular weight excluding hydrogens is 176 g/mol. The average Bonchev–Trinajstić information content (AvgIpc) is 2.49. The highest BCUT2D eigenvalue weighted by molar-refractivity contribution is 4.89. The molecule has 0 aromatic rings. The minimum Gasteiger partial charge on any atom is -0.373 e. The summed E-state index contributed by atoms with van der Waals surface area (Å²) in [5.74, 6) is 0.785. The molecule has 4 atom stereocenters. The third-order valence-corrected chi connectivity index (χ3v) is 3.39. The molecule has 4 unspecified atom stereocenters. The molecule has 3 heteroatoms. The highest BCUT2D eigenvalue weighted by Crippen LogP contribution is 2.20. The van der Waals surface area contributed by atoms with Gasteiger partial charge in [-0.1, -0.05) is 6.92 Å². The van der Waals surface area contributed by atoms with E-state index in [-0.39, 0.29) is 0 Å².